The third-order valence-corrected chi connectivity index (χ3v) is 4.05. The lowest BCUT2D eigenvalue weighted by molar-refractivity contribution is 0.429. The Bertz CT molecular complexity index is 466. The molecule has 0 aliphatic rings. The van der Waals surface area contributed by atoms with Crippen LogP contribution in [0.5, 0.6) is 0 Å². The molecule has 0 aromatic carbocycles. The first-order valence-electron chi connectivity index (χ1n) is 5.14. The summed E-state index contributed by atoms with van der Waals surface area (Å²) < 4.78 is 6.98. The van der Waals surface area contributed by atoms with Gasteiger partial charge in [0, 0.05) is 10.9 Å². The van der Waals surface area contributed by atoms with E-state index in [-0.39, 0.29) is 6.04 Å². The van der Waals surface area contributed by atoms with Crippen molar-refractivity contribution in [1.29, 1.82) is 0 Å². The molecule has 0 radical (unpaired) electrons. The van der Waals surface area contributed by atoms with Gasteiger partial charge in [0.15, 0.2) is 5.76 Å². The maximum absolute atomic E-state index is 5.73. The van der Waals surface area contributed by atoms with Gasteiger partial charge in [-0.15, -0.1) is 11.3 Å². The first-order chi connectivity index (χ1) is 7.70. The summed E-state index contributed by atoms with van der Waals surface area (Å²) in [5.41, 5.74) is 1.11. The van der Waals surface area contributed by atoms with Crippen molar-refractivity contribution < 1.29 is 4.42 Å². The van der Waals surface area contributed by atoms with Crippen molar-refractivity contribution in [2.45, 2.75) is 19.9 Å². The minimum atomic E-state index is 0.163. The lowest BCUT2D eigenvalue weighted by Gasteiger charge is -2.06. The molecule has 2 heterocycles. The van der Waals surface area contributed by atoms with Gasteiger partial charge in [0.05, 0.1) is 15.1 Å². The highest BCUT2D eigenvalue weighted by atomic mass is 127. The zero-order chi connectivity index (χ0) is 11.5. The largest absolute Gasteiger partial charge is 0.439 e. The predicted octanol–water partition coefficient (Wildman–Crippen LogP) is 3.68. The fraction of sp³-hybridized carbons (Fsp3) is 0.364. The molecule has 2 rings (SSSR count). The Labute approximate surface area is 112 Å². The van der Waals surface area contributed by atoms with Crippen molar-refractivity contribution >= 4 is 33.9 Å². The van der Waals surface area contributed by atoms with Gasteiger partial charge in [0.25, 0.3) is 0 Å². The average Bonchev–Trinajstić information content (AvgIpc) is 2.85. The number of oxazole rings is 1. The number of thiophene rings is 1. The van der Waals surface area contributed by atoms with Crippen LogP contribution in [0.15, 0.2) is 22.1 Å². The molecular weight excluding hydrogens is 335 g/mol. The van der Waals surface area contributed by atoms with Crippen LogP contribution in [0.4, 0.5) is 0 Å². The molecule has 86 valence electrons. The average molecular weight is 348 g/mol. The van der Waals surface area contributed by atoms with Crippen LogP contribution in [-0.4, -0.2) is 11.5 Å². The number of aromatic nitrogens is 1. The molecule has 0 spiro atoms. The Kier molecular flexibility index (Phi) is 3.99. The standard InChI is InChI=1S/C11H13IN2OS/c1-3-13-7(2)11-14-5-9(15-11)8-4-10(12)16-6-8/h4-7,13H,3H2,1-2H3. The van der Waals surface area contributed by atoms with Crippen LogP contribution in [-0.2, 0) is 0 Å². The highest BCUT2D eigenvalue weighted by Crippen LogP contribution is 2.28. The number of hydrogen-bond acceptors (Lipinski definition) is 4. The molecular formula is C11H13IN2OS. The predicted molar refractivity (Wildman–Crippen MR) is 74.6 cm³/mol. The summed E-state index contributed by atoms with van der Waals surface area (Å²) in [5.74, 6) is 1.59. The topological polar surface area (TPSA) is 38.1 Å². The highest BCUT2D eigenvalue weighted by Gasteiger charge is 2.12. The molecule has 5 heteroatoms. The Balaban J connectivity index is 2.19. The van der Waals surface area contributed by atoms with Crippen LogP contribution < -0.4 is 5.32 Å². The molecule has 0 aliphatic heterocycles. The Morgan fingerprint density at radius 3 is 3.06 bits per heavy atom. The lowest BCUT2D eigenvalue weighted by atomic mass is 10.3. The van der Waals surface area contributed by atoms with Crippen LogP contribution in [0.2, 0.25) is 0 Å². The first kappa shape index (κ1) is 12.1. The van der Waals surface area contributed by atoms with Gasteiger partial charge in [-0.2, -0.15) is 0 Å². The second-order valence-corrected chi connectivity index (χ2v) is 6.29. The van der Waals surface area contributed by atoms with Crippen molar-refractivity contribution in [1.82, 2.24) is 10.3 Å². The van der Waals surface area contributed by atoms with Crippen molar-refractivity contribution in [3.05, 3.63) is 26.4 Å². The van der Waals surface area contributed by atoms with Crippen LogP contribution in [0, 0.1) is 2.88 Å². The Morgan fingerprint density at radius 1 is 1.62 bits per heavy atom. The van der Waals surface area contributed by atoms with Gasteiger partial charge in [0.1, 0.15) is 0 Å². The van der Waals surface area contributed by atoms with Gasteiger partial charge in [0.2, 0.25) is 5.89 Å². The highest BCUT2D eigenvalue weighted by molar-refractivity contribution is 14.1. The molecule has 2 aromatic heterocycles. The maximum Gasteiger partial charge on any atom is 0.211 e. The minimum absolute atomic E-state index is 0.163. The van der Waals surface area contributed by atoms with E-state index in [9.17, 15) is 0 Å². The number of nitrogens with one attached hydrogen (secondary N) is 1. The van der Waals surface area contributed by atoms with E-state index in [1.807, 2.05) is 0 Å². The Hall–Kier alpha value is -0.400. The zero-order valence-electron chi connectivity index (χ0n) is 9.16. The summed E-state index contributed by atoms with van der Waals surface area (Å²) >= 11 is 4.02. The molecule has 3 nitrogen and oxygen atoms in total. The van der Waals surface area contributed by atoms with Crippen molar-refractivity contribution in [2.24, 2.45) is 0 Å². The third kappa shape index (κ3) is 2.64. The second kappa shape index (κ2) is 5.29. The summed E-state index contributed by atoms with van der Waals surface area (Å²) in [7, 11) is 0. The van der Waals surface area contributed by atoms with E-state index in [0.29, 0.717) is 0 Å². The quantitative estimate of drug-likeness (QED) is 0.857. The van der Waals surface area contributed by atoms with E-state index in [4.69, 9.17) is 4.42 Å². The zero-order valence-corrected chi connectivity index (χ0v) is 12.1. The van der Waals surface area contributed by atoms with Gasteiger partial charge in [-0.25, -0.2) is 4.98 Å². The van der Waals surface area contributed by atoms with Crippen LogP contribution in [0.1, 0.15) is 25.8 Å². The summed E-state index contributed by atoms with van der Waals surface area (Å²) in [4.78, 5) is 4.29. The van der Waals surface area contributed by atoms with E-state index in [2.05, 4.69) is 58.2 Å². The molecule has 16 heavy (non-hydrogen) atoms. The number of hydrogen-bond donors (Lipinski definition) is 1. The van der Waals surface area contributed by atoms with Crippen LogP contribution >= 0.6 is 33.9 Å². The van der Waals surface area contributed by atoms with Gasteiger partial charge in [-0.3, -0.25) is 0 Å². The smallest absolute Gasteiger partial charge is 0.211 e. The second-order valence-electron chi connectivity index (χ2n) is 3.48. The normalized spacial score (nSPS) is 12.9. The molecule has 0 bridgehead atoms. The SMILES string of the molecule is CCNC(C)c1ncc(-c2csc(I)c2)o1. The molecule has 0 aliphatic carbocycles. The van der Waals surface area contributed by atoms with Gasteiger partial charge >= 0.3 is 0 Å². The summed E-state index contributed by atoms with van der Waals surface area (Å²) in [5, 5.41) is 5.36. The number of halogens is 1. The Morgan fingerprint density at radius 2 is 2.44 bits per heavy atom. The monoisotopic (exact) mass is 348 g/mol. The van der Waals surface area contributed by atoms with Crippen molar-refractivity contribution in [3.8, 4) is 11.3 Å². The summed E-state index contributed by atoms with van der Waals surface area (Å²) in [6.45, 7) is 5.04. The fourth-order valence-corrected chi connectivity index (χ4v) is 2.79. The lowest BCUT2D eigenvalue weighted by Crippen LogP contribution is -2.17. The maximum atomic E-state index is 5.73. The third-order valence-electron chi connectivity index (χ3n) is 2.26. The van der Waals surface area contributed by atoms with Crippen molar-refractivity contribution in [2.75, 3.05) is 6.54 Å². The van der Waals surface area contributed by atoms with E-state index in [1.165, 1.54) is 2.88 Å². The minimum Gasteiger partial charge on any atom is -0.439 e. The molecule has 1 N–H and O–H groups in total. The molecule has 0 fully saturated rings. The number of rotatable bonds is 4. The van der Waals surface area contributed by atoms with Gasteiger partial charge in [-0.05, 0) is 42.1 Å². The van der Waals surface area contributed by atoms with Crippen LogP contribution in [0.25, 0.3) is 11.3 Å². The molecule has 1 atom stereocenters. The molecule has 1 unspecified atom stereocenters. The van der Waals surface area contributed by atoms with E-state index < -0.39 is 0 Å². The van der Waals surface area contributed by atoms with E-state index in [1.54, 1.807) is 17.5 Å². The van der Waals surface area contributed by atoms with Crippen LogP contribution in [0.3, 0.4) is 0 Å². The fourth-order valence-electron chi connectivity index (χ4n) is 1.45. The first-order valence-corrected chi connectivity index (χ1v) is 7.10. The molecule has 0 amide bonds. The number of nitrogens with zero attached hydrogens (tertiary/aromatic N) is 1. The van der Waals surface area contributed by atoms with Gasteiger partial charge in [-0.1, -0.05) is 6.92 Å². The summed E-state index contributed by atoms with van der Waals surface area (Å²) in [6, 6.07) is 2.27. The molecule has 2 aromatic rings. The van der Waals surface area contributed by atoms with E-state index in [0.717, 1.165) is 23.8 Å². The molecule has 0 saturated heterocycles. The van der Waals surface area contributed by atoms with Gasteiger partial charge < -0.3 is 9.73 Å². The van der Waals surface area contributed by atoms with E-state index >= 15 is 0 Å². The van der Waals surface area contributed by atoms with Crippen molar-refractivity contribution in [3.63, 3.8) is 0 Å². The molecule has 0 saturated carbocycles. The summed E-state index contributed by atoms with van der Waals surface area (Å²) in [6.07, 6.45) is 1.79.